The highest BCUT2D eigenvalue weighted by atomic mass is 16.5. The van der Waals surface area contributed by atoms with Crippen molar-refractivity contribution in [3.05, 3.63) is 60.7 Å². The van der Waals surface area contributed by atoms with E-state index in [0.29, 0.717) is 18.1 Å². The molecule has 0 atom stereocenters. The van der Waals surface area contributed by atoms with Gasteiger partial charge in [-0.25, -0.2) is 14.3 Å². The summed E-state index contributed by atoms with van der Waals surface area (Å²) in [5.41, 5.74) is 4.27. The number of ether oxygens (including phenoxy) is 1. The number of pyridine rings is 1. The molecule has 0 aliphatic rings. The summed E-state index contributed by atoms with van der Waals surface area (Å²) in [5.74, 6) is -0.201. The number of aromatic nitrogens is 5. The lowest BCUT2D eigenvalue weighted by atomic mass is 10.0. The largest absolute Gasteiger partial charge is 0.362 e. The summed E-state index contributed by atoms with van der Waals surface area (Å²) in [4.78, 5) is 17.0. The Hall–Kier alpha value is -3.52. The smallest absolute Gasteiger partial charge is 0.246 e. The van der Waals surface area contributed by atoms with Gasteiger partial charge >= 0.3 is 0 Å². The Morgan fingerprint density at radius 2 is 2.04 bits per heavy atom. The van der Waals surface area contributed by atoms with E-state index in [1.807, 2.05) is 31.2 Å². The summed E-state index contributed by atoms with van der Waals surface area (Å²) in [7, 11) is 1.59. The zero-order valence-electron chi connectivity index (χ0n) is 15.7. The maximum atomic E-state index is 12.5. The molecule has 8 nitrogen and oxygen atoms in total. The first kappa shape index (κ1) is 17.9. The molecule has 1 amide bonds. The standard InChI is InChI=1S/C20H20N6O2/c1-14-19-17(15-6-4-3-5-7-15)8-9-21-20(19)26(24-14)12-18(27)23-16-10-22-25(11-16)13-28-2/h3-11H,12-13H2,1-2H3,(H,23,27). The van der Waals surface area contributed by atoms with Crippen molar-refractivity contribution in [3.63, 3.8) is 0 Å². The third-order valence-corrected chi connectivity index (χ3v) is 4.36. The van der Waals surface area contributed by atoms with Crippen LogP contribution in [-0.4, -0.2) is 37.6 Å². The van der Waals surface area contributed by atoms with Crippen LogP contribution in [0.4, 0.5) is 5.69 Å². The van der Waals surface area contributed by atoms with E-state index in [4.69, 9.17) is 4.74 Å². The highest BCUT2D eigenvalue weighted by Gasteiger charge is 2.16. The number of fused-ring (bicyclic) bond motifs is 1. The highest BCUT2D eigenvalue weighted by Crippen LogP contribution is 2.29. The van der Waals surface area contributed by atoms with Crippen LogP contribution in [0, 0.1) is 6.92 Å². The Morgan fingerprint density at radius 1 is 1.21 bits per heavy atom. The molecule has 4 rings (SSSR count). The molecule has 1 aromatic carbocycles. The van der Waals surface area contributed by atoms with E-state index in [2.05, 4.69) is 32.6 Å². The van der Waals surface area contributed by atoms with Crippen molar-refractivity contribution in [1.82, 2.24) is 24.5 Å². The Labute approximate surface area is 161 Å². The van der Waals surface area contributed by atoms with Crippen LogP contribution >= 0.6 is 0 Å². The van der Waals surface area contributed by atoms with Crippen LogP contribution in [0.2, 0.25) is 0 Å². The molecule has 3 heterocycles. The molecule has 142 valence electrons. The van der Waals surface area contributed by atoms with E-state index < -0.39 is 0 Å². The van der Waals surface area contributed by atoms with E-state index in [1.54, 1.807) is 35.1 Å². The molecule has 8 heteroatoms. The molecule has 28 heavy (non-hydrogen) atoms. The van der Waals surface area contributed by atoms with Gasteiger partial charge in [0.1, 0.15) is 13.3 Å². The number of anilines is 1. The van der Waals surface area contributed by atoms with Gasteiger partial charge in [0.2, 0.25) is 5.91 Å². The van der Waals surface area contributed by atoms with Crippen molar-refractivity contribution < 1.29 is 9.53 Å². The molecule has 0 fully saturated rings. The molecule has 0 spiro atoms. The molecule has 3 aromatic heterocycles. The number of nitrogens with one attached hydrogen (secondary N) is 1. The predicted molar refractivity (Wildman–Crippen MR) is 106 cm³/mol. The number of rotatable bonds is 6. The van der Waals surface area contributed by atoms with E-state index in [1.165, 1.54) is 0 Å². The third kappa shape index (κ3) is 3.49. The summed E-state index contributed by atoms with van der Waals surface area (Å²) in [5, 5.41) is 12.4. The number of hydrogen-bond acceptors (Lipinski definition) is 5. The number of carbonyl (C=O) groups is 1. The minimum atomic E-state index is -0.201. The van der Waals surface area contributed by atoms with Gasteiger partial charge < -0.3 is 10.1 Å². The van der Waals surface area contributed by atoms with Crippen LogP contribution in [0.25, 0.3) is 22.2 Å². The lowest BCUT2D eigenvalue weighted by Crippen LogP contribution is -2.19. The van der Waals surface area contributed by atoms with Crippen molar-refractivity contribution in [2.75, 3.05) is 12.4 Å². The molecule has 0 radical (unpaired) electrons. The van der Waals surface area contributed by atoms with Crippen LogP contribution in [0.5, 0.6) is 0 Å². The number of benzene rings is 1. The Kier molecular flexibility index (Phi) is 4.86. The Bertz CT molecular complexity index is 1120. The van der Waals surface area contributed by atoms with Gasteiger partial charge in [-0.05, 0) is 24.1 Å². The molecule has 0 saturated heterocycles. The second kappa shape index (κ2) is 7.61. The summed E-state index contributed by atoms with van der Waals surface area (Å²) in [6.07, 6.45) is 5.03. The first-order valence-electron chi connectivity index (χ1n) is 8.84. The Balaban J connectivity index is 1.60. The van der Waals surface area contributed by atoms with Crippen molar-refractivity contribution >= 4 is 22.6 Å². The molecule has 1 N–H and O–H groups in total. The number of amides is 1. The number of carbonyl (C=O) groups excluding carboxylic acids is 1. The molecule has 0 aliphatic carbocycles. The van der Waals surface area contributed by atoms with Crippen molar-refractivity contribution in [1.29, 1.82) is 0 Å². The van der Waals surface area contributed by atoms with Gasteiger partial charge in [0.25, 0.3) is 0 Å². The van der Waals surface area contributed by atoms with E-state index in [-0.39, 0.29) is 12.5 Å². The van der Waals surface area contributed by atoms with Gasteiger partial charge in [-0.1, -0.05) is 30.3 Å². The second-order valence-corrected chi connectivity index (χ2v) is 6.40. The molecule has 0 saturated carbocycles. The fraction of sp³-hybridized carbons (Fsp3) is 0.200. The number of methoxy groups -OCH3 is 1. The maximum absolute atomic E-state index is 12.5. The van der Waals surface area contributed by atoms with Crippen LogP contribution in [0.15, 0.2) is 55.0 Å². The minimum Gasteiger partial charge on any atom is -0.362 e. The molecule has 4 aromatic rings. The van der Waals surface area contributed by atoms with E-state index in [9.17, 15) is 4.79 Å². The molecule has 0 aliphatic heterocycles. The van der Waals surface area contributed by atoms with Crippen LogP contribution in [0.3, 0.4) is 0 Å². The topological polar surface area (TPSA) is 86.9 Å². The first-order chi connectivity index (χ1) is 13.7. The van der Waals surface area contributed by atoms with Gasteiger partial charge in [-0.3, -0.25) is 4.79 Å². The van der Waals surface area contributed by atoms with E-state index >= 15 is 0 Å². The highest BCUT2D eigenvalue weighted by molar-refractivity contribution is 5.96. The first-order valence-corrected chi connectivity index (χ1v) is 8.84. The number of aryl methyl sites for hydroxylation is 1. The normalized spacial score (nSPS) is 11.1. The van der Waals surface area contributed by atoms with Gasteiger partial charge in [0.15, 0.2) is 5.65 Å². The minimum absolute atomic E-state index is 0.0606. The SMILES string of the molecule is COCn1cc(NC(=O)Cn2nc(C)c3c(-c4ccccc4)ccnc32)cn1. The lowest BCUT2D eigenvalue weighted by Gasteiger charge is -2.06. The molecule has 0 bridgehead atoms. The van der Waals surface area contributed by atoms with Crippen molar-refractivity contribution in [3.8, 4) is 11.1 Å². The summed E-state index contributed by atoms with van der Waals surface area (Å²) in [6, 6.07) is 12.1. The second-order valence-electron chi connectivity index (χ2n) is 6.40. The van der Waals surface area contributed by atoms with Gasteiger partial charge in [0, 0.05) is 18.7 Å². The zero-order valence-corrected chi connectivity index (χ0v) is 15.7. The quantitative estimate of drug-likeness (QED) is 0.559. The lowest BCUT2D eigenvalue weighted by molar-refractivity contribution is -0.116. The molecule has 0 unspecified atom stereocenters. The Morgan fingerprint density at radius 3 is 2.82 bits per heavy atom. The predicted octanol–water partition coefficient (Wildman–Crippen LogP) is 2.85. The maximum Gasteiger partial charge on any atom is 0.246 e. The average molecular weight is 376 g/mol. The number of nitrogens with zero attached hydrogens (tertiary/aromatic N) is 5. The number of hydrogen-bond donors (Lipinski definition) is 1. The summed E-state index contributed by atoms with van der Waals surface area (Å²) in [6.45, 7) is 2.32. The van der Waals surface area contributed by atoms with Gasteiger partial charge in [-0.2, -0.15) is 10.2 Å². The fourth-order valence-electron chi connectivity index (χ4n) is 3.22. The molecular weight excluding hydrogens is 356 g/mol. The summed E-state index contributed by atoms with van der Waals surface area (Å²) >= 11 is 0. The zero-order chi connectivity index (χ0) is 19.5. The van der Waals surface area contributed by atoms with Crippen molar-refractivity contribution in [2.45, 2.75) is 20.2 Å². The monoisotopic (exact) mass is 376 g/mol. The summed E-state index contributed by atoms with van der Waals surface area (Å²) < 4.78 is 8.23. The van der Waals surface area contributed by atoms with E-state index in [0.717, 1.165) is 22.2 Å². The average Bonchev–Trinajstić information content (AvgIpc) is 3.27. The van der Waals surface area contributed by atoms with Crippen LogP contribution in [-0.2, 0) is 22.8 Å². The van der Waals surface area contributed by atoms with Gasteiger partial charge in [-0.15, -0.1) is 0 Å². The van der Waals surface area contributed by atoms with Gasteiger partial charge in [0.05, 0.1) is 23.8 Å². The fourth-order valence-corrected chi connectivity index (χ4v) is 3.22. The van der Waals surface area contributed by atoms with Crippen LogP contribution < -0.4 is 5.32 Å². The van der Waals surface area contributed by atoms with Crippen molar-refractivity contribution in [2.24, 2.45) is 0 Å². The third-order valence-electron chi connectivity index (χ3n) is 4.36. The van der Waals surface area contributed by atoms with Crippen LogP contribution in [0.1, 0.15) is 5.69 Å². The molecular formula is C20H20N6O2.